The molecule has 4 aromatic rings. The number of nitrogens with zero attached hydrogens (tertiary/aromatic N) is 2. The van der Waals surface area contributed by atoms with E-state index in [4.69, 9.17) is 9.15 Å². The summed E-state index contributed by atoms with van der Waals surface area (Å²) in [5.41, 5.74) is 2.25. The van der Waals surface area contributed by atoms with E-state index in [1.54, 1.807) is 12.4 Å². The summed E-state index contributed by atoms with van der Waals surface area (Å²) in [6.45, 7) is 3.91. The second-order valence-electron chi connectivity index (χ2n) is 7.97. The van der Waals surface area contributed by atoms with Gasteiger partial charge in [0, 0.05) is 29.6 Å². The topological polar surface area (TPSA) is 97.5 Å². The molecular weight excluding hydrogens is 418 g/mol. The van der Waals surface area contributed by atoms with Gasteiger partial charge in [-0.3, -0.25) is 9.78 Å². The highest BCUT2D eigenvalue weighted by molar-refractivity contribution is 5.78. The molecule has 1 unspecified atom stereocenters. The number of hydrogen-bond acceptors (Lipinski definition) is 6. The second-order valence-corrected chi connectivity index (χ2v) is 7.97. The lowest BCUT2D eigenvalue weighted by Gasteiger charge is -2.19. The molecule has 0 aliphatic rings. The number of oxazole rings is 1. The molecule has 168 valence electrons. The average molecular weight is 444 g/mol. The Hall–Kier alpha value is -4.13. The van der Waals surface area contributed by atoms with Crippen molar-refractivity contribution >= 4 is 12.0 Å². The van der Waals surface area contributed by atoms with E-state index < -0.39 is 5.97 Å². The lowest BCUT2D eigenvalue weighted by Crippen LogP contribution is -2.28. The lowest BCUT2D eigenvalue weighted by atomic mass is 10.0. The molecule has 0 saturated carbocycles. The summed E-state index contributed by atoms with van der Waals surface area (Å²) in [5, 5.41) is 12.4. The van der Waals surface area contributed by atoms with E-state index in [1.165, 1.54) is 0 Å². The van der Waals surface area contributed by atoms with Crippen molar-refractivity contribution in [3.63, 3.8) is 0 Å². The number of carbonyl (C=O) groups is 1. The van der Waals surface area contributed by atoms with Gasteiger partial charge >= 0.3 is 5.97 Å². The zero-order chi connectivity index (χ0) is 23.2. The van der Waals surface area contributed by atoms with Gasteiger partial charge in [-0.2, -0.15) is 4.98 Å². The Balaban J connectivity index is 1.65. The predicted molar refractivity (Wildman–Crippen MR) is 126 cm³/mol. The number of ether oxygens (including phenoxy) is 1. The first-order valence-corrected chi connectivity index (χ1v) is 10.7. The van der Waals surface area contributed by atoms with Crippen molar-refractivity contribution in [2.75, 3.05) is 5.32 Å². The molecule has 7 nitrogen and oxygen atoms in total. The van der Waals surface area contributed by atoms with Gasteiger partial charge in [0.2, 0.25) is 0 Å². The zero-order valence-electron chi connectivity index (χ0n) is 18.4. The van der Waals surface area contributed by atoms with Gasteiger partial charge in [-0.05, 0) is 54.4 Å². The smallest absolute Gasteiger partial charge is 0.305 e. The van der Waals surface area contributed by atoms with Crippen LogP contribution in [0.2, 0.25) is 0 Å². The SMILES string of the molecule is CC(C)C(CC(=O)O)Nc1nc(-c2ccc(Oc3ccccc3)cc2)c(-c2cccnc2)o1. The van der Waals surface area contributed by atoms with Gasteiger partial charge in [-0.15, -0.1) is 0 Å². The minimum absolute atomic E-state index is 0.0386. The Morgan fingerprint density at radius 3 is 2.36 bits per heavy atom. The molecule has 2 aromatic carbocycles. The molecule has 0 fully saturated rings. The summed E-state index contributed by atoms with van der Waals surface area (Å²) in [7, 11) is 0. The van der Waals surface area contributed by atoms with Gasteiger partial charge in [0.15, 0.2) is 5.76 Å². The van der Waals surface area contributed by atoms with Crippen LogP contribution >= 0.6 is 0 Å². The number of aliphatic carboxylic acids is 1. The normalized spacial score (nSPS) is 11.8. The van der Waals surface area contributed by atoms with Crippen molar-refractivity contribution in [1.29, 1.82) is 0 Å². The average Bonchev–Trinajstić information content (AvgIpc) is 3.24. The Morgan fingerprint density at radius 2 is 1.73 bits per heavy atom. The highest BCUT2D eigenvalue weighted by Gasteiger charge is 2.22. The molecule has 2 aromatic heterocycles. The van der Waals surface area contributed by atoms with E-state index in [2.05, 4.69) is 15.3 Å². The standard InChI is InChI=1S/C26H25N3O4/c1-17(2)22(15-23(30)31)28-26-29-24(25(33-26)19-7-6-14-27-16-19)18-10-12-21(13-11-18)32-20-8-4-3-5-9-20/h3-14,16-17,22H,15H2,1-2H3,(H,28,29)(H,30,31). The van der Waals surface area contributed by atoms with Gasteiger partial charge in [0.05, 0.1) is 6.42 Å². The summed E-state index contributed by atoms with van der Waals surface area (Å²) in [6.07, 6.45) is 3.36. The highest BCUT2D eigenvalue weighted by Crippen LogP contribution is 2.35. The Kier molecular flexibility index (Phi) is 6.69. The lowest BCUT2D eigenvalue weighted by molar-refractivity contribution is -0.137. The summed E-state index contributed by atoms with van der Waals surface area (Å²) in [4.78, 5) is 20.1. The van der Waals surface area contributed by atoms with Crippen LogP contribution in [-0.2, 0) is 4.79 Å². The van der Waals surface area contributed by atoms with Crippen LogP contribution in [-0.4, -0.2) is 27.1 Å². The molecular formula is C26H25N3O4. The van der Waals surface area contributed by atoms with E-state index in [0.717, 1.165) is 16.9 Å². The molecule has 0 aliphatic carbocycles. The molecule has 0 amide bonds. The van der Waals surface area contributed by atoms with Crippen LogP contribution in [0.15, 0.2) is 83.5 Å². The van der Waals surface area contributed by atoms with Crippen LogP contribution in [0.25, 0.3) is 22.6 Å². The van der Waals surface area contributed by atoms with Crippen LogP contribution < -0.4 is 10.1 Å². The first kappa shape index (κ1) is 22.1. The van der Waals surface area contributed by atoms with Crippen molar-refractivity contribution < 1.29 is 19.1 Å². The predicted octanol–water partition coefficient (Wildman–Crippen LogP) is 6.11. The second kappa shape index (κ2) is 9.99. The summed E-state index contributed by atoms with van der Waals surface area (Å²) in [6, 6.07) is 20.8. The molecule has 7 heteroatoms. The van der Waals surface area contributed by atoms with E-state index in [-0.39, 0.29) is 24.4 Å². The van der Waals surface area contributed by atoms with Crippen LogP contribution in [0.3, 0.4) is 0 Å². The largest absolute Gasteiger partial charge is 0.481 e. The number of carboxylic acid groups (broad SMARTS) is 1. The van der Waals surface area contributed by atoms with Gasteiger partial charge in [0.25, 0.3) is 6.01 Å². The van der Waals surface area contributed by atoms with Crippen molar-refractivity contribution in [1.82, 2.24) is 9.97 Å². The van der Waals surface area contributed by atoms with Gasteiger partial charge in [0.1, 0.15) is 17.2 Å². The van der Waals surface area contributed by atoms with Gasteiger partial charge < -0.3 is 19.6 Å². The van der Waals surface area contributed by atoms with E-state index in [0.29, 0.717) is 17.2 Å². The minimum Gasteiger partial charge on any atom is -0.481 e. The molecule has 0 saturated heterocycles. The van der Waals surface area contributed by atoms with Gasteiger partial charge in [-0.25, -0.2) is 0 Å². The molecule has 33 heavy (non-hydrogen) atoms. The quantitative estimate of drug-likeness (QED) is 0.322. The van der Waals surface area contributed by atoms with E-state index in [1.807, 2.05) is 80.6 Å². The van der Waals surface area contributed by atoms with Crippen LogP contribution in [0.4, 0.5) is 6.01 Å². The van der Waals surface area contributed by atoms with Gasteiger partial charge in [-0.1, -0.05) is 32.0 Å². The molecule has 4 rings (SSSR count). The molecule has 2 N–H and O–H groups in total. The number of para-hydroxylation sites is 1. The summed E-state index contributed by atoms with van der Waals surface area (Å²) < 4.78 is 11.9. The van der Waals surface area contributed by atoms with E-state index in [9.17, 15) is 9.90 Å². The maximum atomic E-state index is 11.3. The number of nitrogens with one attached hydrogen (secondary N) is 1. The number of anilines is 1. The van der Waals surface area contributed by atoms with Crippen molar-refractivity contribution in [3.05, 3.63) is 79.1 Å². The Bertz CT molecular complexity index is 1190. The maximum absolute atomic E-state index is 11.3. The fourth-order valence-electron chi connectivity index (χ4n) is 3.38. The number of pyridine rings is 1. The van der Waals surface area contributed by atoms with Crippen molar-refractivity contribution in [2.45, 2.75) is 26.3 Å². The molecule has 0 aliphatic heterocycles. The van der Waals surface area contributed by atoms with Crippen molar-refractivity contribution in [2.24, 2.45) is 5.92 Å². The molecule has 2 heterocycles. The van der Waals surface area contributed by atoms with E-state index >= 15 is 0 Å². The zero-order valence-corrected chi connectivity index (χ0v) is 18.4. The summed E-state index contributed by atoms with van der Waals surface area (Å²) in [5.74, 6) is 1.21. The number of benzene rings is 2. The van der Waals surface area contributed by atoms with Crippen LogP contribution in [0.5, 0.6) is 11.5 Å². The highest BCUT2D eigenvalue weighted by atomic mass is 16.5. The minimum atomic E-state index is -0.880. The number of carboxylic acids is 1. The fourth-order valence-corrected chi connectivity index (χ4v) is 3.38. The fraction of sp³-hybridized carbons (Fsp3) is 0.192. The third kappa shape index (κ3) is 5.57. The number of hydrogen-bond donors (Lipinski definition) is 2. The Labute approximate surface area is 192 Å². The van der Waals surface area contributed by atoms with Crippen LogP contribution in [0, 0.1) is 5.92 Å². The molecule has 1 atom stereocenters. The monoisotopic (exact) mass is 443 g/mol. The molecule has 0 spiro atoms. The summed E-state index contributed by atoms with van der Waals surface area (Å²) >= 11 is 0. The van der Waals surface area contributed by atoms with Crippen molar-refractivity contribution in [3.8, 4) is 34.1 Å². The molecule has 0 radical (unpaired) electrons. The Morgan fingerprint density at radius 1 is 1.00 bits per heavy atom. The number of rotatable bonds is 9. The first-order valence-electron chi connectivity index (χ1n) is 10.7. The first-order chi connectivity index (χ1) is 16.0. The maximum Gasteiger partial charge on any atom is 0.305 e. The molecule has 0 bridgehead atoms. The van der Waals surface area contributed by atoms with Crippen LogP contribution in [0.1, 0.15) is 20.3 Å². The third-order valence-corrected chi connectivity index (χ3v) is 5.17. The number of aromatic nitrogens is 2. The third-order valence-electron chi connectivity index (χ3n) is 5.17.